The van der Waals surface area contributed by atoms with Gasteiger partial charge in [-0.05, 0) is 37.0 Å². The average molecular weight is 362 g/mol. The van der Waals surface area contributed by atoms with Gasteiger partial charge in [0.2, 0.25) is 0 Å². The Morgan fingerprint density at radius 1 is 1.16 bits per heavy atom. The molecule has 0 amide bonds. The van der Waals surface area contributed by atoms with E-state index in [-0.39, 0.29) is 17.6 Å². The highest BCUT2D eigenvalue weighted by Crippen LogP contribution is 2.47. The Hall–Kier alpha value is -1.73. The highest BCUT2D eigenvalue weighted by molar-refractivity contribution is 7.85. The first-order valence-electron chi connectivity index (χ1n) is 8.19. The topological polar surface area (TPSA) is 83.8 Å². The summed E-state index contributed by atoms with van der Waals surface area (Å²) < 4.78 is 38.8. The lowest BCUT2D eigenvalue weighted by atomic mass is 9.63. The maximum atomic E-state index is 11.7. The molecular weight excluding hydrogens is 340 g/mol. The predicted octanol–water partition coefficient (Wildman–Crippen LogP) is 2.85. The van der Waals surface area contributed by atoms with Crippen LogP contribution in [0.5, 0.6) is 0 Å². The monoisotopic (exact) mass is 362 g/mol. The van der Waals surface area contributed by atoms with E-state index >= 15 is 0 Å². The van der Waals surface area contributed by atoms with Crippen LogP contribution in [0.1, 0.15) is 29.5 Å². The predicted molar refractivity (Wildman–Crippen MR) is 94.0 cm³/mol. The van der Waals surface area contributed by atoms with Crippen molar-refractivity contribution < 1.29 is 22.8 Å². The largest absolute Gasteiger partial charge is 0.395 e. The van der Waals surface area contributed by atoms with Crippen molar-refractivity contribution in [2.75, 3.05) is 6.61 Å². The molecule has 0 spiro atoms. The molecule has 2 aromatic carbocycles. The fourth-order valence-electron chi connectivity index (χ4n) is 3.44. The zero-order valence-corrected chi connectivity index (χ0v) is 14.9. The quantitative estimate of drug-likeness (QED) is 0.772. The van der Waals surface area contributed by atoms with Crippen LogP contribution in [0.3, 0.4) is 0 Å². The maximum Gasteiger partial charge on any atom is 0.294 e. The van der Waals surface area contributed by atoms with Gasteiger partial charge < -0.3 is 9.84 Å². The molecule has 0 aromatic heterocycles. The summed E-state index contributed by atoms with van der Waals surface area (Å²) >= 11 is 0. The summed E-state index contributed by atoms with van der Waals surface area (Å²) in [5.74, 6) is 0. The van der Waals surface area contributed by atoms with Gasteiger partial charge in [0.1, 0.15) is 0 Å². The summed E-state index contributed by atoms with van der Waals surface area (Å²) in [7, 11) is -4.34. The standard InChI is InChI=1S/C19H22O5S/c1-14-7-8-18(25(21,22)23)17(9-14)19(13-20)10-16(11-19)24-12-15-5-3-2-4-6-15/h2-9,16,20H,10-13H2,1H3,(H,21,22,23). The molecule has 0 atom stereocenters. The summed E-state index contributed by atoms with van der Waals surface area (Å²) in [6.07, 6.45) is 0.979. The van der Waals surface area contributed by atoms with Crippen LogP contribution < -0.4 is 0 Å². The summed E-state index contributed by atoms with van der Waals surface area (Å²) in [4.78, 5) is -0.131. The van der Waals surface area contributed by atoms with Crippen LogP contribution in [0.15, 0.2) is 53.4 Å². The molecule has 2 aromatic rings. The number of hydrogen-bond acceptors (Lipinski definition) is 4. The molecule has 3 rings (SSSR count). The second-order valence-electron chi connectivity index (χ2n) is 6.74. The van der Waals surface area contributed by atoms with Crippen molar-refractivity contribution in [3.05, 3.63) is 65.2 Å². The normalized spacial score (nSPS) is 23.2. The van der Waals surface area contributed by atoms with Crippen molar-refractivity contribution in [3.8, 4) is 0 Å². The number of rotatable bonds is 6. The third-order valence-electron chi connectivity index (χ3n) is 4.85. The molecule has 0 heterocycles. The average Bonchev–Trinajstić information content (AvgIpc) is 2.54. The number of hydrogen-bond donors (Lipinski definition) is 2. The Morgan fingerprint density at radius 2 is 1.84 bits per heavy atom. The van der Waals surface area contributed by atoms with Crippen molar-refractivity contribution in [3.63, 3.8) is 0 Å². The van der Waals surface area contributed by atoms with Gasteiger partial charge in [-0.1, -0.05) is 48.0 Å². The molecule has 0 saturated heterocycles. The number of benzene rings is 2. The highest BCUT2D eigenvalue weighted by Gasteiger charge is 2.48. The van der Waals surface area contributed by atoms with E-state index in [1.807, 2.05) is 37.3 Å². The van der Waals surface area contributed by atoms with E-state index in [4.69, 9.17) is 4.74 Å². The smallest absolute Gasteiger partial charge is 0.294 e. The van der Waals surface area contributed by atoms with E-state index in [0.717, 1.165) is 11.1 Å². The summed E-state index contributed by atoms with van der Waals surface area (Å²) in [5.41, 5.74) is 1.72. The SMILES string of the molecule is Cc1ccc(S(=O)(=O)O)c(C2(CO)CC(OCc3ccccc3)C2)c1. The molecule has 1 fully saturated rings. The molecule has 1 saturated carbocycles. The van der Waals surface area contributed by atoms with Gasteiger partial charge in [0.15, 0.2) is 0 Å². The van der Waals surface area contributed by atoms with E-state index in [1.54, 1.807) is 12.1 Å². The van der Waals surface area contributed by atoms with E-state index < -0.39 is 15.5 Å². The van der Waals surface area contributed by atoms with Crippen LogP contribution in [0.4, 0.5) is 0 Å². The second kappa shape index (κ2) is 6.88. The first-order valence-corrected chi connectivity index (χ1v) is 9.63. The lowest BCUT2D eigenvalue weighted by Gasteiger charge is -2.47. The van der Waals surface area contributed by atoms with Crippen molar-refractivity contribution in [1.82, 2.24) is 0 Å². The van der Waals surface area contributed by atoms with Crippen molar-refractivity contribution in [1.29, 1.82) is 0 Å². The summed E-state index contributed by atoms with van der Waals surface area (Å²) in [5, 5.41) is 9.94. The minimum atomic E-state index is -4.34. The van der Waals surface area contributed by atoms with E-state index in [0.29, 0.717) is 25.0 Å². The molecule has 0 unspecified atom stereocenters. The van der Waals surface area contributed by atoms with Gasteiger partial charge in [-0.2, -0.15) is 8.42 Å². The molecular formula is C19H22O5S. The van der Waals surface area contributed by atoms with Crippen molar-refractivity contribution >= 4 is 10.1 Å². The number of aliphatic hydroxyl groups excluding tert-OH is 1. The van der Waals surface area contributed by atoms with Crippen LogP contribution in [0.2, 0.25) is 0 Å². The highest BCUT2D eigenvalue weighted by atomic mass is 32.2. The second-order valence-corrected chi connectivity index (χ2v) is 8.13. The minimum Gasteiger partial charge on any atom is -0.395 e. The van der Waals surface area contributed by atoms with Crippen LogP contribution in [-0.2, 0) is 26.9 Å². The first kappa shape index (κ1) is 18.1. The van der Waals surface area contributed by atoms with Gasteiger partial charge in [0, 0.05) is 5.41 Å². The van der Waals surface area contributed by atoms with Crippen LogP contribution in [0, 0.1) is 6.92 Å². The lowest BCUT2D eigenvalue weighted by Crippen LogP contribution is -2.49. The molecule has 1 aliphatic carbocycles. The minimum absolute atomic E-state index is 0.0536. The van der Waals surface area contributed by atoms with Gasteiger partial charge in [0.25, 0.3) is 10.1 Å². The van der Waals surface area contributed by atoms with E-state index in [2.05, 4.69) is 0 Å². The number of ether oxygens (including phenoxy) is 1. The van der Waals surface area contributed by atoms with Crippen LogP contribution in [-0.4, -0.2) is 30.8 Å². The third kappa shape index (κ3) is 3.77. The molecule has 0 radical (unpaired) electrons. The van der Waals surface area contributed by atoms with E-state index in [9.17, 15) is 18.1 Å². The maximum absolute atomic E-state index is 11.7. The van der Waals surface area contributed by atoms with Gasteiger partial charge in [-0.25, -0.2) is 0 Å². The molecule has 2 N–H and O–H groups in total. The lowest BCUT2D eigenvalue weighted by molar-refractivity contribution is -0.0720. The summed E-state index contributed by atoms with van der Waals surface area (Å²) in [6, 6.07) is 14.6. The molecule has 1 aliphatic rings. The third-order valence-corrected chi connectivity index (χ3v) is 5.76. The molecule has 6 heteroatoms. The molecule has 5 nitrogen and oxygen atoms in total. The Bertz CT molecular complexity index is 839. The van der Waals surface area contributed by atoms with E-state index in [1.165, 1.54) is 6.07 Å². The van der Waals surface area contributed by atoms with Gasteiger partial charge in [-0.3, -0.25) is 4.55 Å². The molecule has 0 bridgehead atoms. The first-order chi connectivity index (χ1) is 11.8. The molecule has 134 valence electrons. The fourth-order valence-corrected chi connectivity index (χ4v) is 4.23. The van der Waals surface area contributed by atoms with Crippen LogP contribution in [0.25, 0.3) is 0 Å². The molecule has 0 aliphatic heterocycles. The van der Waals surface area contributed by atoms with Crippen molar-refractivity contribution in [2.45, 2.75) is 42.8 Å². The van der Waals surface area contributed by atoms with Gasteiger partial charge in [-0.15, -0.1) is 0 Å². The number of aryl methyl sites for hydroxylation is 1. The number of aliphatic hydroxyl groups is 1. The fraction of sp³-hybridized carbons (Fsp3) is 0.368. The van der Waals surface area contributed by atoms with Crippen molar-refractivity contribution in [2.24, 2.45) is 0 Å². The zero-order chi connectivity index (χ0) is 18.1. The van der Waals surface area contributed by atoms with Crippen LogP contribution >= 0.6 is 0 Å². The molecule has 25 heavy (non-hydrogen) atoms. The Morgan fingerprint density at radius 3 is 2.44 bits per heavy atom. The Kier molecular flexibility index (Phi) is 4.97. The Balaban J connectivity index is 1.77. The summed E-state index contributed by atoms with van der Waals surface area (Å²) in [6.45, 7) is 2.14. The Labute approximate surface area is 148 Å². The van der Waals surface area contributed by atoms with Gasteiger partial charge in [0.05, 0.1) is 24.2 Å². The van der Waals surface area contributed by atoms with Gasteiger partial charge >= 0.3 is 0 Å². The zero-order valence-electron chi connectivity index (χ0n) is 14.1.